The highest BCUT2D eigenvalue weighted by Gasteiger charge is 2.39. The second kappa shape index (κ2) is 6.61. The van der Waals surface area contributed by atoms with E-state index in [1.807, 2.05) is 60.5 Å². The third kappa shape index (κ3) is 3.25. The van der Waals surface area contributed by atoms with Gasteiger partial charge in [0.05, 0.1) is 5.60 Å². The maximum Gasteiger partial charge on any atom is 0.253 e. The number of carbonyl (C=O) groups is 1. The first kappa shape index (κ1) is 16.9. The number of nitrogens with one attached hydrogen (secondary N) is 1. The Kier molecular flexibility index (Phi) is 4.29. The number of aromatic nitrogens is 1. The van der Waals surface area contributed by atoms with Crippen molar-refractivity contribution in [2.24, 2.45) is 5.92 Å². The highest BCUT2D eigenvalue weighted by atomic mass is 16.3. The predicted molar refractivity (Wildman–Crippen MR) is 103 cm³/mol. The summed E-state index contributed by atoms with van der Waals surface area (Å²) in [7, 11) is 0. The van der Waals surface area contributed by atoms with Crippen molar-refractivity contribution in [3.63, 3.8) is 0 Å². The topological polar surface area (TPSA) is 56.3 Å². The third-order valence-corrected chi connectivity index (χ3v) is 5.62. The fraction of sp³-hybridized carbons (Fsp3) is 0.318. The van der Waals surface area contributed by atoms with Crippen LogP contribution in [0.1, 0.15) is 29.3 Å². The molecule has 1 aliphatic rings. The monoisotopic (exact) mass is 348 g/mol. The molecule has 0 aliphatic carbocycles. The number of amides is 1. The van der Waals surface area contributed by atoms with Gasteiger partial charge in [-0.2, -0.15) is 0 Å². The SMILES string of the molecule is C[C@]1(O)CCN(C(=O)c2ccc3[nH]ccc3c2)C[C@H]1Cc1ccccc1. The molecule has 2 N–H and O–H groups in total. The molecule has 0 radical (unpaired) electrons. The second-order valence-electron chi connectivity index (χ2n) is 7.52. The summed E-state index contributed by atoms with van der Waals surface area (Å²) in [6, 6.07) is 17.9. The van der Waals surface area contributed by atoms with Crippen LogP contribution in [0.3, 0.4) is 0 Å². The zero-order valence-corrected chi connectivity index (χ0v) is 15.0. The number of fused-ring (bicyclic) bond motifs is 1. The molecule has 0 unspecified atom stereocenters. The average molecular weight is 348 g/mol. The molecule has 0 bridgehead atoms. The Balaban J connectivity index is 1.54. The van der Waals surface area contributed by atoms with Crippen molar-refractivity contribution >= 4 is 16.8 Å². The molecule has 1 fully saturated rings. The number of nitrogens with zero attached hydrogens (tertiary/aromatic N) is 1. The zero-order valence-electron chi connectivity index (χ0n) is 15.0. The Morgan fingerprint density at radius 3 is 2.85 bits per heavy atom. The van der Waals surface area contributed by atoms with E-state index in [-0.39, 0.29) is 11.8 Å². The lowest BCUT2D eigenvalue weighted by atomic mass is 9.78. The fourth-order valence-electron chi connectivity index (χ4n) is 3.86. The lowest BCUT2D eigenvalue weighted by Crippen LogP contribution is -2.52. The summed E-state index contributed by atoms with van der Waals surface area (Å²) >= 11 is 0. The molecule has 4 nitrogen and oxygen atoms in total. The number of H-pyrrole nitrogens is 1. The first-order valence-corrected chi connectivity index (χ1v) is 9.16. The van der Waals surface area contributed by atoms with Crippen LogP contribution in [0, 0.1) is 5.92 Å². The number of carbonyl (C=O) groups excluding carboxylic acids is 1. The average Bonchev–Trinajstić information content (AvgIpc) is 3.11. The van der Waals surface area contributed by atoms with E-state index in [1.54, 1.807) is 0 Å². The van der Waals surface area contributed by atoms with Gasteiger partial charge in [0.15, 0.2) is 0 Å². The van der Waals surface area contributed by atoms with E-state index in [0.29, 0.717) is 25.1 Å². The van der Waals surface area contributed by atoms with Gasteiger partial charge in [0.2, 0.25) is 0 Å². The van der Waals surface area contributed by atoms with Gasteiger partial charge < -0.3 is 15.0 Å². The molecule has 2 heterocycles. The minimum atomic E-state index is -0.753. The molecular formula is C22H24N2O2. The Bertz CT molecular complexity index is 914. The molecule has 0 saturated carbocycles. The highest BCUT2D eigenvalue weighted by Crippen LogP contribution is 2.31. The van der Waals surface area contributed by atoms with Crippen LogP contribution in [-0.2, 0) is 6.42 Å². The van der Waals surface area contributed by atoms with Crippen LogP contribution in [-0.4, -0.2) is 39.6 Å². The normalized spacial score (nSPS) is 23.3. The van der Waals surface area contributed by atoms with Crippen molar-refractivity contribution in [1.82, 2.24) is 9.88 Å². The lowest BCUT2D eigenvalue weighted by molar-refractivity contribution is -0.0507. The second-order valence-corrected chi connectivity index (χ2v) is 7.52. The smallest absolute Gasteiger partial charge is 0.253 e. The summed E-state index contributed by atoms with van der Waals surface area (Å²) in [5.41, 5.74) is 2.18. The summed E-state index contributed by atoms with van der Waals surface area (Å²) in [4.78, 5) is 18.0. The number of piperidine rings is 1. The molecule has 1 aliphatic heterocycles. The molecule has 0 spiro atoms. The lowest BCUT2D eigenvalue weighted by Gasteiger charge is -2.43. The molecule has 2 aromatic carbocycles. The van der Waals surface area contributed by atoms with Crippen LogP contribution in [0.25, 0.3) is 10.9 Å². The van der Waals surface area contributed by atoms with Gasteiger partial charge in [-0.1, -0.05) is 30.3 Å². The number of benzene rings is 2. The molecule has 4 heteroatoms. The Morgan fingerprint density at radius 2 is 2.04 bits per heavy atom. The van der Waals surface area contributed by atoms with Gasteiger partial charge in [0.25, 0.3) is 5.91 Å². The van der Waals surface area contributed by atoms with E-state index in [2.05, 4.69) is 17.1 Å². The maximum atomic E-state index is 13.0. The number of rotatable bonds is 3. The molecular weight excluding hydrogens is 324 g/mol. The van der Waals surface area contributed by atoms with E-state index in [4.69, 9.17) is 0 Å². The molecule has 2 atom stereocenters. The van der Waals surface area contributed by atoms with Gasteiger partial charge in [0.1, 0.15) is 0 Å². The van der Waals surface area contributed by atoms with E-state index in [1.165, 1.54) is 5.56 Å². The van der Waals surface area contributed by atoms with Crippen LogP contribution in [0.15, 0.2) is 60.8 Å². The van der Waals surface area contributed by atoms with Gasteiger partial charge >= 0.3 is 0 Å². The summed E-state index contributed by atoms with van der Waals surface area (Å²) in [5.74, 6) is 0.0697. The summed E-state index contributed by atoms with van der Waals surface area (Å²) in [6.45, 7) is 3.06. The number of hydrogen-bond acceptors (Lipinski definition) is 2. The van der Waals surface area contributed by atoms with Crippen molar-refractivity contribution in [3.05, 3.63) is 71.9 Å². The molecule has 26 heavy (non-hydrogen) atoms. The van der Waals surface area contributed by atoms with Gasteiger partial charge in [-0.15, -0.1) is 0 Å². The summed E-state index contributed by atoms with van der Waals surface area (Å²) < 4.78 is 0. The minimum Gasteiger partial charge on any atom is -0.390 e. The largest absolute Gasteiger partial charge is 0.390 e. The van der Waals surface area contributed by atoms with Crippen LogP contribution < -0.4 is 0 Å². The van der Waals surface area contributed by atoms with Gasteiger partial charge in [-0.3, -0.25) is 4.79 Å². The van der Waals surface area contributed by atoms with Crippen molar-refractivity contribution in [2.75, 3.05) is 13.1 Å². The van der Waals surface area contributed by atoms with E-state index in [0.717, 1.165) is 17.3 Å². The number of likely N-dealkylation sites (tertiary alicyclic amines) is 1. The molecule has 4 rings (SSSR count). The minimum absolute atomic E-state index is 0.0265. The quantitative estimate of drug-likeness (QED) is 0.759. The van der Waals surface area contributed by atoms with Crippen molar-refractivity contribution < 1.29 is 9.90 Å². The fourth-order valence-corrected chi connectivity index (χ4v) is 3.86. The Morgan fingerprint density at radius 1 is 1.23 bits per heavy atom. The van der Waals surface area contributed by atoms with Gasteiger partial charge in [-0.25, -0.2) is 0 Å². The van der Waals surface area contributed by atoms with Crippen molar-refractivity contribution in [3.8, 4) is 0 Å². The maximum absolute atomic E-state index is 13.0. The number of hydrogen-bond donors (Lipinski definition) is 2. The summed E-state index contributed by atoms with van der Waals surface area (Å²) in [5, 5.41) is 11.9. The number of aromatic amines is 1. The Labute approximate surface area is 153 Å². The molecule has 1 aromatic heterocycles. The van der Waals surface area contributed by atoms with Crippen molar-refractivity contribution in [1.29, 1.82) is 0 Å². The van der Waals surface area contributed by atoms with Gasteiger partial charge in [0, 0.05) is 41.7 Å². The first-order valence-electron chi connectivity index (χ1n) is 9.16. The molecule has 1 amide bonds. The third-order valence-electron chi connectivity index (χ3n) is 5.62. The van der Waals surface area contributed by atoms with Crippen LogP contribution >= 0.6 is 0 Å². The van der Waals surface area contributed by atoms with Crippen LogP contribution in [0.2, 0.25) is 0 Å². The number of aliphatic hydroxyl groups is 1. The molecule has 134 valence electrons. The van der Waals surface area contributed by atoms with Crippen LogP contribution in [0.4, 0.5) is 0 Å². The van der Waals surface area contributed by atoms with E-state index in [9.17, 15) is 9.90 Å². The standard InChI is InChI=1S/C22H24N2O2/c1-22(26)10-12-24(15-19(22)13-16-5-3-2-4-6-16)21(25)18-7-8-20-17(14-18)9-11-23-20/h2-9,11,14,19,23,26H,10,12-13,15H2,1H3/t19-,22+/m1/s1. The predicted octanol–water partition coefficient (Wildman–Crippen LogP) is 3.62. The zero-order chi connectivity index (χ0) is 18.1. The van der Waals surface area contributed by atoms with Crippen LogP contribution in [0.5, 0.6) is 0 Å². The van der Waals surface area contributed by atoms with Crippen molar-refractivity contribution in [2.45, 2.75) is 25.4 Å². The van der Waals surface area contributed by atoms with Gasteiger partial charge in [-0.05, 0) is 49.6 Å². The molecule has 3 aromatic rings. The highest BCUT2D eigenvalue weighted by molar-refractivity contribution is 5.98. The Hall–Kier alpha value is -2.59. The van der Waals surface area contributed by atoms with E-state index >= 15 is 0 Å². The molecule has 1 saturated heterocycles. The summed E-state index contributed by atoms with van der Waals surface area (Å²) in [6.07, 6.45) is 3.25. The first-order chi connectivity index (χ1) is 12.5. The van der Waals surface area contributed by atoms with E-state index < -0.39 is 5.60 Å².